The molecule has 0 saturated carbocycles. The zero-order chi connectivity index (χ0) is 21.1. The number of carbonyl (C=O) groups is 1. The molecule has 0 bridgehead atoms. The first kappa shape index (κ1) is 20.6. The minimum absolute atomic E-state index is 0.0185. The molecule has 1 amide bonds. The molecule has 4 rings (SSSR count). The Morgan fingerprint density at radius 1 is 1.17 bits per heavy atom. The van der Waals surface area contributed by atoms with Gasteiger partial charge in [-0.3, -0.25) is 9.69 Å². The maximum atomic E-state index is 13.3. The summed E-state index contributed by atoms with van der Waals surface area (Å²) in [5, 5.41) is 6.52. The molecular weight excluding hydrogens is 378 g/mol. The lowest BCUT2D eigenvalue weighted by Gasteiger charge is -2.29. The van der Waals surface area contributed by atoms with E-state index in [9.17, 15) is 4.79 Å². The Labute approximate surface area is 178 Å². The van der Waals surface area contributed by atoms with Crippen LogP contribution in [0.15, 0.2) is 47.6 Å². The topological polar surface area (TPSA) is 54.4 Å². The van der Waals surface area contributed by atoms with E-state index in [1.165, 1.54) is 11.1 Å². The van der Waals surface area contributed by atoms with Crippen LogP contribution < -0.4 is 4.74 Å². The molecule has 2 aliphatic rings. The van der Waals surface area contributed by atoms with Crippen LogP contribution in [-0.4, -0.2) is 61.5 Å². The molecule has 0 aliphatic carbocycles. The third-order valence-electron chi connectivity index (χ3n) is 5.81. The van der Waals surface area contributed by atoms with Gasteiger partial charge in [-0.2, -0.15) is 5.10 Å². The van der Waals surface area contributed by atoms with Gasteiger partial charge in [0.05, 0.1) is 38.6 Å². The SMILES string of the molecule is COc1cccc([C@H]2CC(c3cc(C)ccc3C)=NN2C(=O)CN2CCOCC2)c1. The molecule has 30 heavy (non-hydrogen) atoms. The molecule has 1 fully saturated rings. The van der Waals surface area contributed by atoms with Crippen molar-refractivity contribution in [2.45, 2.75) is 26.3 Å². The first-order valence-corrected chi connectivity index (χ1v) is 10.5. The van der Waals surface area contributed by atoms with E-state index in [2.05, 4.69) is 36.9 Å². The van der Waals surface area contributed by atoms with E-state index in [0.717, 1.165) is 35.7 Å². The van der Waals surface area contributed by atoms with Gasteiger partial charge in [0.1, 0.15) is 5.75 Å². The van der Waals surface area contributed by atoms with E-state index < -0.39 is 0 Å². The van der Waals surface area contributed by atoms with Gasteiger partial charge in [0.2, 0.25) is 0 Å². The van der Waals surface area contributed by atoms with Crippen LogP contribution in [0.1, 0.15) is 34.7 Å². The van der Waals surface area contributed by atoms with Gasteiger partial charge in [-0.25, -0.2) is 5.01 Å². The summed E-state index contributed by atoms with van der Waals surface area (Å²) in [7, 11) is 1.66. The largest absolute Gasteiger partial charge is 0.497 e. The van der Waals surface area contributed by atoms with Gasteiger partial charge in [-0.05, 0) is 43.2 Å². The minimum Gasteiger partial charge on any atom is -0.497 e. The number of carbonyl (C=O) groups excluding carboxylic acids is 1. The number of nitrogens with zero attached hydrogens (tertiary/aromatic N) is 3. The smallest absolute Gasteiger partial charge is 0.257 e. The minimum atomic E-state index is -0.136. The number of hydrogen-bond acceptors (Lipinski definition) is 5. The van der Waals surface area contributed by atoms with Crippen molar-refractivity contribution in [2.75, 3.05) is 40.0 Å². The molecule has 1 saturated heterocycles. The van der Waals surface area contributed by atoms with E-state index >= 15 is 0 Å². The first-order valence-electron chi connectivity index (χ1n) is 10.5. The summed E-state index contributed by atoms with van der Waals surface area (Å²) in [5.74, 6) is 0.804. The molecule has 2 aromatic rings. The average Bonchev–Trinajstić information content (AvgIpc) is 3.22. The summed E-state index contributed by atoms with van der Waals surface area (Å²) >= 11 is 0. The van der Waals surface area contributed by atoms with Crippen LogP contribution in [-0.2, 0) is 9.53 Å². The van der Waals surface area contributed by atoms with Crippen LogP contribution >= 0.6 is 0 Å². The maximum Gasteiger partial charge on any atom is 0.257 e. The van der Waals surface area contributed by atoms with Gasteiger partial charge >= 0.3 is 0 Å². The number of hydrazone groups is 1. The Bertz CT molecular complexity index is 950. The molecule has 158 valence electrons. The number of aryl methyl sites for hydroxylation is 2. The Balaban J connectivity index is 1.65. The number of ether oxygens (including phenoxy) is 2. The summed E-state index contributed by atoms with van der Waals surface area (Å²) in [6.45, 7) is 7.42. The van der Waals surface area contributed by atoms with Crippen LogP contribution in [0.5, 0.6) is 5.75 Å². The number of hydrogen-bond donors (Lipinski definition) is 0. The lowest BCUT2D eigenvalue weighted by molar-refractivity contribution is -0.135. The predicted octanol–water partition coefficient (Wildman–Crippen LogP) is 3.32. The summed E-state index contributed by atoms with van der Waals surface area (Å²) < 4.78 is 10.8. The molecule has 6 heteroatoms. The van der Waals surface area contributed by atoms with Crippen molar-refractivity contribution in [1.82, 2.24) is 9.91 Å². The average molecular weight is 408 g/mol. The zero-order valence-electron chi connectivity index (χ0n) is 17.9. The Hall–Kier alpha value is -2.70. The lowest BCUT2D eigenvalue weighted by Crippen LogP contribution is -2.43. The second-order valence-electron chi connectivity index (χ2n) is 7.99. The van der Waals surface area contributed by atoms with E-state index in [-0.39, 0.29) is 11.9 Å². The second-order valence-corrected chi connectivity index (χ2v) is 7.99. The van der Waals surface area contributed by atoms with Crippen LogP contribution in [0.2, 0.25) is 0 Å². The predicted molar refractivity (Wildman–Crippen MR) is 117 cm³/mol. The van der Waals surface area contributed by atoms with E-state index in [0.29, 0.717) is 26.2 Å². The van der Waals surface area contributed by atoms with Gasteiger partial charge < -0.3 is 9.47 Å². The zero-order valence-corrected chi connectivity index (χ0v) is 17.9. The van der Waals surface area contributed by atoms with Crippen molar-refractivity contribution >= 4 is 11.6 Å². The summed E-state index contributed by atoms with van der Waals surface area (Å²) in [4.78, 5) is 15.4. The van der Waals surface area contributed by atoms with Gasteiger partial charge in [0, 0.05) is 25.1 Å². The lowest BCUT2D eigenvalue weighted by atomic mass is 9.95. The fourth-order valence-electron chi connectivity index (χ4n) is 4.08. The Morgan fingerprint density at radius 3 is 2.73 bits per heavy atom. The normalized spacial score (nSPS) is 19.6. The summed E-state index contributed by atoms with van der Waals surface area (Å²) in [5.41, 5.74) is 5.47. The van der Waals surface area contributed by atoms with Crippen molar-refractivity contribution in [3.8, 4) is 5.75 Å². The van der Waals surface area contributed by atoms with Crippen molar-refractivity contribution in [1.29, 1.82) is 0 Å². The Morgan fingerprint density at radius 2 is 1.97 bits per heavy atom. The molecule has 0 N–H and O–H groups in total. The van der Waals surface area contributed by atoms with Crippen molar-refractivity contribution < 1.29 is 14.3 Å². The number of morpholine rings is 1. The summed E-state index contributed by atoms with van der Waals surface area (Å²) in [6, 6.07) is 14.2. The number of amides is 1. The highest BCUT2D eigenvalue weighted by Gasteiger charge is 2.34. The van der Waals surface area contributed by atoms with Crippen LogP contribution in [0.4, 0.5) is 0 Å². The van der Waals surface area contributed by atoms with E-state index in [4.69, 9.17) is 14.6 Å². The van der Waals surface area contributed by atoms with Gasteiger partial charge in [0.15, 0.2) is 0 Å². The molecule has 2 heterocycles. The number of benzene rings is 2. The Kier molecular flexibility index (Phi) is 6.16. The molecule has 0 unspecified atom stereocenters. The highest BCUT2D eigenvalue weighted by Crippen LogP contribution is 2.35. The third-order valence-corrected chi connectivity index (χ3v) is 5.81. The molecule has 1 atom stereocenters. The van der Waals surface area contributed by atoms with Crippen LogP contribution in [0.3, 0.4) is 0 Å². The molecule has 0 radical (unpaired) electrons. The molecule has 6 nitrogen and oxygen atoms in total. The van der Waals surface area contributed by atoms with Crippen molar-refractivity contribution in [2.24, 2.45) is 5.10 Å². The standard InChI is InChI=1S/C24H29N3O3/c1-17-7-8-18(2)21(13-17)22-15-23(19-5-4-6-20(14-19)29-3)27(25-22)24(28)16-26-9-11-30-12-10-26/h4-8,13-14,23H,9-12,15-16H2,1-3H3/t23-/m1/s1. The van der Waals surface area contributed by atoms with Gasteiger partial charge in [-0.1, -0.05) is 29.8 Å². The molecule has 2 aromatic carbocycles. The van der Waals surface area contributed by atoms with E-state index in [1.54, 1.807) is 12.1 Å². The van der Waals surface area contributed by atoms with Crippen LogP contribution in [0, 0.1) is 13.8 Å². The quantitative estimate of drug-likeness (QED) is 0.763. The number of rotatable bonds is 5. The monoisotopic (exact) mass is 407 g/mol. The highest BCUT2D eigenvalue weighted by molar-refractivity contribution is 6.04. The third kappa shape index (κ3) is 4.40. The van der Waals surface area contributed by atoms with E-state index in [1.807, 2.05) is 24.3 Å². The van der Waals surface area contributed by atoms with Gasteiger partial charge in [0.25, 0.3) is 5.91 Å². The van der Waals surface area contributed by atoms with Crippen molar-refractivity contribution in [3.63, 3.8) is 0 Å². The molecule has 0 aromatic heterocycles. The van der Waals surface area contributed by atoms with Crippen molar-refractivity contribution in [3.05, 3.63) is 64.7 Å². The highest BCUT2D eigenvalue weighted by atomic mass is 16.5. The molecule has 0 spiro atoms. The van der Waals surface area contributed by atoms with Gasteiger partial charge in [-0.15, -0.1) is 0 Å². The molecule has 2 aliphatic heterocycles. The fraction of sp³-hybridized carbons (Fsp3) is 0.417. The summed E-state index contributed by atoms with van der Waals surface area (Å²) in [6.07, 6.45) is 0.687. The first-order chi connectivity index (χ1) is 14.5. The molecular formula is C24H29N3O3. The number of methoxy groups -OCH3 is 1. The second kappa shape index (κ2) is 8.98. The van der Waals surface area contributed by atoms with Crippen LogP contribution in [0.25, 0.3) is 0 Å². The maximum absolute atomic E-state index is 13.3. The fourth-order valence-corrected chi connectivity index (χ4v) is 4.08.